The van der Waals surface area contributed by atoms with Crippen LogP contribution in [-0.4, -0.2) is 45.0 Å². The molecular weight excluding hydrogens is 474 g/mol. The summed E-state index contributed by atoms with van der Waals surface area (Å²) in [7, 11) is -2.73. The molecule has 4 nitrogen and oxygen atoms in total. The van der Waals surface area contributed by atoms with Crippen LogP contribution in [0.15, 0.2) is 91.0 Å². The van der Waals surface area contributed by atoms with Gasteiger partial charge in [-0.15, -0.1) is 0 Å². The van der Waals surface area contributed by atoms with Gasteiger partial charge in [0.15, 0.2) is 0 Å². The largest absolute Gasteiger partial charge is 0.466 e. The first kappa shape index (κ1) is 27.3. The Balaban J connectivity index is 1.70. The molecule has 1 saturated heterocycles. The van der Waals surface area contributed by atoms with Crippen molar-refractivity contribution < 1.29 is 14.0 Å². The summed E-state index contributed by atoms with van der Waals surface area (Å²) in [4.78, 5) is 15.5. The Morgan fingerprint density at radius 1 is 0.892 bits per heavy atom. The van der Waals surface area contributed by atoms with Crippen LogP contribution in [0.3, 0.4) is 0 Å². The lowest BCUT2D eigenvalue weighted by Gasteiger charge is -2.46. The summed E-state index contributed by atoms with van der Waals surface area (Å²) in [5.74, 6) is -0.276. The van der Waals surface area contributed by atoms with Crippen LogP contribution in [0.4, 0.5) is 0 Å². The monoisotopic (exact) mass is 515 g/mol. The molecule has 3 atom stereocenters. The Kier molecular flexibility index (Phi) is 8.68. The third kappa shape index (κ3) is 5.90. The third-order valence-electron chi connectivity index (χ3n) is 7.66. The van der Waals surface area contributed by atoms with Gasteiger partial charge >= 0.3 is 5.97 Å². The number of ether oxygens (including phenoxy) is 1. The summed E-state index contributed by atoms with van der Waals surface area (Å²) >= 11 is 0. The number of nitrogens with zero attached hydrogens (tertiary/aromatic N) is 1. The van der Waals surface area contributed by atoms with Crippen molar-refractivity contribution in [3.8, 4) is 0 Å². The third-order valence-corrected chi connectivity index (χ3v) is 12.8. The molecule has 3 aromatic carbocycles. The summed E-state index contributed by atoms with van der Waals surface area (Å²) in [5, 5.41) is 2.39. The highest BCUT2D eigenvalue weighted by atomic mass is 28.4. The van der Waals surface area contributed by atoms with Crippen molar-refractivity contribution in [1.82, 2.24) is 4.90 Å². The topological polar surface area (TPSA) is 38.8 Å². The molecule has 5 heteroatoms. The number of likely N-dealkylation sites (tertiary alicyclic amines) is 1. The minimum absolute atomic E-state index is 0.0458. The van der Waals surface area contributed by atoms with E-state index in [-0.39, 0.29) is 28.9 Å². The van der Waals surface area contributed by atoms with Crippen molar-refractivity contribution >= 4 is 24.7 Å². The van der Waals surface area contributed by atoms with Gasteiger partial charge in [0.1, 0.15) is 0 Å². The highest BCUT2D eigenvalue weighted by molar-refractivity contribution is 6.99. The highest BCUT2D eigenvalue weighted by Crippen LogP contribution is 2.40. The maximum absolute atomic E-state index is 13.2. The second-order valence-electron chi connectivity index (χ2n) is 11.2. The van der Waals surface area contributed by atoms with Gasteiger partial charge in [0, 0.05) is 31.7 Å². The number of carbonyl (C=O) groups excluding carboxylic acids is 1. The number of rotatable bonds is 9. The first-order valence-electron chi connectivity index (χ1n) is 13.5. The lowest BCUT2D eigenvalue weighted by molar-refractivity contribution is -0.149. The second kappa shape index (κ2) is 11.8. The van der Waals surface area contributed by atoms with Gasteiger partial charge in [-0.25, -0.2) is 0 Å². The second-order valence-corrected chi connectivity index (χ2v) is 15.4. The predicted molar refractivity (Wildman–Crippen MR) is 153 cm³/mol. The van der Waals surface area contributed by atoms with Gasteiger partial charge in [-0.2, -0.15) is 0 Å². The van der Waals surface area contributed by atoms with Crippen LogP contribution in [0.2, 0.25) is 5.04 Å². The van der Waals surface area contributed by atoms with E-state index in [4.69, 9.17) is 9.16 Å². The van der Waals surface area contributed by atoms with Crippen LogP contribution in [0, 0.1) is 11.8 Å². The zero-order chi connectivity index (χ0) is 26.5. The van der Waals surface area contributed by atoms with E-state index >= 15 is 0 Å². The molecule has 0 bridgehead atoms. The van der Waals surface area contributed by atoms with Crippen molar-refractivity contribution in [2.45, 2.75) is 52.3 Å². The zero-order valence-electron chi connectivity index (χ0n) is 22.9. The van der Waals surface area contributed by atoms with Crippen LogP contribution < -0.4 is 10.4 Å². The predicted octanol–water partition coefficient (Wildman–Crippen LogP) is 5.26. The van der Waals surface area contributed by atoms with Gasteiger partial charge in [-0.3, -0.25) is 9.69 Å². The summed E-state index contributed by atoms with van der Waals surface area (Å²) in [5.41, 5.74) is 1.26. The summed E-state index contributed by atoms with van der Waals surface area (Å²) < 4.78 is 13.0. The number of benzene rings is 3. The van der Waals surface area contributed by atoms with Gasteiger partial charge < -0.3 is 9.16 Å². The minimum atomic E-state index is -2.73. The Bertz CT molecular complexity index is 1090. The maximum Gasteiger partial charge on any atom is 0.310 e. The van der Waals surface area contributed by atoms with Gasteiger partial charge in [-0.05, 0) is 34.8 Å². The first-order valence-corrected chi connectivity index (χ1v) is 15.4. The quantitative estimate of drug-likeness (QED) is 0.288. The molecule has 0 saturated carbocycles. The SMILES string of the molecule is CCOC(=O)C1CN(Cc2ccccc2)CC1[C@H](C)O[Si](c1ccccc1)(c1ccccc1)C(C)(C)C. The molecule has 37 heavy (non-hydrogen) atoms. The fourth-order valence-corrected chi connectivity index (χ4v) is 10.7. The van der Waals surface area contributed by atoms with Crippen molar-refractivity contribution in [3.63, 3.8) is 0 Å². The Morgan fingerprint density at radius 3 is 1.89 bits per heavy atom. The van der Waals surface area contributed by atoms with E-state index in [2.05, 4.69) is 118 Å². The Morgan fingerprint density at radius 2 is 1.41 bits per heavy atom. The minimum Gasteiger partial charge on any atom is -0.466 e. The molecule has 1 fully saturated rings. The molecule has 1 heterocycles. The molecule has 0 amide bonds. The number of carbonyl (C=O) groups is 1. The van der Waals surface area contributed by atoms with Crippen molar-refractivity contribution in [2.75, 3.05) is 19.7 Å². The van der Waals surface area contributed by atoms with Gasteiger partial charge in [-0.1, -0.05) is 112 Å². The summed E-state index contributed by atoms with van der Waals surface area (Å²) in [6.45, 7) is 13.6. The number of hydrogen-bond donors (Lipinski definition) is 0. The van der Waals surface area contributed by atoms with E-state index in [1.807, 2.05) is 13.0 Å². The molecule has 3 aromatic rings. The van der Waals surface area contributed by atoms with Crippen LogP contribution in [0.5, 0.6) is 0 Å². The van der Waals surface area contributed by atoms with E-state index in [1.54, 1.807) is 0 Å². The van der Waals surface area contributed by atoms with Crippen molar-refractivity contribution in [1.29, 1.82) is 0 Å². The molecule has 2 unspecified atom stereocenters. The number of esters is 1. The molecule has 0 N–H and O–H groups in total. The Labute approximate surface area is 223 Å². The summed E-state index contributed by atoms with van der Waals surface area (Å²) in [6.07, 6.45) is -0.124. The molecule has 196 valence electrons. The molecule has 1 aliphatic heterocycles. The maximum atomic E-state index is 13.2. The highest BCUT2D eigenvalue weighted by Gasteiger charge is 2.53. The van der Waals surface area contributed by atoms with Crippen LogP contribution in [-0.2, 0) is 20.5 Å². The lowest BCUT2D eigenvalue weighted by Crippen LogP contribution is -2.68. The first-order chi connectivity index (χ1) is 17.8. The van der Waals surface area contributed by atoms with Crippen LogP contribution >= 0.6 is 0 Å². The van der Waals surface area contributed by atoms with E-state index in [1.165, 1.54) is 15.9 Å². The number of hydrogen-bond acceptors (Lipinski definition) is 4. The van der Waals surface area contributed by atoms with Crippen LogP contribution in [0.25, 0.3) is 0 Å². The molecule has 4 rings (SSSR count). The lowest BCUT2D eigenvalue weighted by atomic mass is 9.92. The average molecular weight is 516 g/mol. The molecule has 0 aliphatic carbocycles. The van der Waals surface area contributed by atoms with E-state index in [9.17, 15) is 4.79 Å². The molecule has 0 spiro atoms. The molecule has 0 aromatic heterocycles. The normalized spacial score (nSPS) is 19.5. The fraction of sp³-hybridized carbons (Fsp3) is 0.406. The average Bonchev–Trinajstić information content (AvgIpc) is 3.32. The van der Waals surface area contributed by atoms with Gasteiger partial charge in [0.2, 0.25) is 0 Å². The molecular formula is C32H41NO3Si. The Hall–Kier alpha value is -2.73. The molecule has 0 radical (unpaired) electrons. The van der Waals surface area contributed by atoms with E-state index < -0.39 is 8.32 Å². The smallest absolute Gasteiger partial charge is 0.310 e. The van der Waals surface area contributed by atoms with Gasteiger partial charge in [0.05, 0.1) is 12.5 Å². The zero-order valence-corrected chi connectivity index (χ0v) is 23.9. The summed E-state index contributed by atoms with van der Waals surface area (Å²) in [6, 6.07) is 31.9. The van der Waals surface area contributed by atoms with Gasteiger partial charge in [0.25, 0.3) is 8.32 Å². The van der Waals surface area contributed by atoms with Crippen molar-refractivity contribution in [2.24, 2.45) is 11.8 Å². The molecule has 1 aliphatic rings. The fourth-order valence-electron chi connectivity index (χ4n) is 5.92. The van der Waals surface area contributed by atoms with E-state index in [0.717, 1.165) is 13.1 Å². The standard InChI is InChI=1S/C32H41NO3Si/c1-6-35-31(34)30-24-33(22-26-16-10-7-11-17-26)23-29(30)25(2)36-37(32(3,4)5,27-18-12-8-13-19-27)28-20-14-9-15-21-28/h7-21,25,29-30H,6,22-24H2,1-5H3/t25-,29?,30?/m0/s1. The van der Waals surface area contributed by atoms with E-state index in [0.29, 0.717) is 13.2 Å². The van der Waals surface area contributed by atoms with Crippen LogP contribution in [0.1, 0.15) is 40.2 Å². The van der Waals surface area contributed by atoms with Crippen molar-refractivity contribution in [3.05, 3.63) is 96.6 Å².